The Hall–Kier alpha value is -0.860. The maximum Gasteiger partial charge on any atom is 0.0510 e. The molecule has 2 heteroatoms. The molecule has 4 atom stereocenters. The van der Waals surface area contributed by atoms with E-state index in [1.165, 1.54) is 18.4 Å². The van der Waals surface area contributed by atoms with E-state index in [9.17, 15) is 0 Å². The van der Waals surface area contributed by atoms with Crippen LogP contribution >= 0.6 is 0 Å². The van der Waals surface area contributed by atoms with Crippen molar-refractivity contribution in [3.8, 4) is 0 Å². The Labute approximate surface area is 103 Å². The van der Waals surface area contributed by atoms with Gasteiger partial charge in [0.1, 0.15) is 0 Å². The summed E-state index contributed by atoms with van der Waals surface area (Å²) in [5.41, 5.74) is 1.51. The van der Waals surface area contributed by atoms with Crippen LogP contribution in [0.2, 0.25) is 0 Å². The summed E-state index contributed by atoms with van der Waals surface area (Å²) < 4.78 is 5.52. The molecule has 0 amide bonds. The van der Waals surface area contributed by atoms with Crippen LogP contribution in [0.25, 0.3) is 0 Å². The molecule has 1 saturated carbocycles. The molecule has 2 fully saturated rings. The Balaban J connectivity index is 1.66. The van der Waals surface area contributed by atoms with Crippen LogP contribution in [-0.4, -0.2) is 26.3 Å². The van der Waals surface area contributed by atoms with Crippen LogP contribution in [0.15, 0.2) is 30.3 Å². The molecule has 1 aliphatic carbocycles. The van der Waals surface area contributed by atoms with Crippen LogP contribution in [0.5, 0.6) is 0 Å². The van der Waals surface area contributed by atoms with Crippen molar-refractivity contribution in [1.82, 2.24) is 5.32 Å². The summed E-state index contributed by atoms with van der Waals surface area (Å²) in [6.45, 7) is 1.90. The van der Waals surface area contributed by atoms with Gasteiger partial charge in [-0.2, -0.15) is 0 Å². The smallest absolute Gasteiger partial charge is 0.0510 e. The van der Waals surface area contributed by atoms with Crippen molar-refractivity contribution in [2.45, 2.75) is 24.8 Å². The maximum absolute atomic E-state index is 5.52. The van der Waals surface area contributed by atoms with E-state index in [2.05, 4.69) is 42.7 Å². The summed E-state index contributed by atoms with van der Waals surface area (Å²) in [5.74, 6) is 2.31. The molecule has 2 aliphatic rings. The molecular formula is C15H21NO. The average Bonchev–Trinajstić information content (AvgIpc) is 2.97. The number of hydrogen-bond acceptors (Lipinski definition) is 2. The third-order valence-corrected chi connectivity index (χ3v) is 4.33. The molecule has 1 saturated heterocycles. The van der Waals surface area contributed by atoms with Crippen molar-refractivity contribution in [2.75, 3.05) is 20.3 Å². The Morgan fingerprint density at radius 3 is 2.76 bits per heavy atom. The number of nitrogens with one attached hydrogen (secondary N) is 1. The van der Waals surface area contributed by atoms with Crippen molar-refractivity contribution >= 4 is 0 Å². The van der Waals surface area contributed by atoms with Crippen molar-refractivity contribution in [3.05, 3.63) is 35.9 Å². The lowest BCUT2D eigenvalue weighted by atomic mass is 9.93. The fourth-order valence-electron chi connectivity index (χ4n) is 3.33. The lowest BCUT2D eigenvalue weighted by Crippen LogP contribution is -2.36. The highest BCUT2D eigenvalue weighted by Gasteiger charge is 2.46. The third kappa shape index (κ3) is 2.24. The number of hydrogen-bond donors (Lipinski definition) is 1. The van der Waals surface area contributed by atoms with Crippen molar-refractivity contribution in [3.63, 3.8) is 0 Å². The zero-order valence-electron chi connectivity index (χ0n) is 10.4. The SMILES string of the molecule is CNC(C1CCOC1)C1CC1c1ccccc1. The minimum Gasteiger partial charge on any atom is -0.381 e. The molecule has 1 aliphatic heterocycles. The summed E-state index contributed by atoms with van der Waals surface area (Å²) in [6, 6.07) is 11.6. The van der Waals surface area contributed by atoms with Gasteiger partial charge in [0.05, 0.1) is 6.61 Å². The molecule has 0 aromatic heterocycles. The largest absolute Gasteiger partial charge is 0.381 e. The fraction of sp³-hybridized carbons (Fsp3) is 0.600. The van der Waals surface area contributed by atoms with E-state index in [0.29, 0.717) is 6.04 Å². The minimum absolute atomic E-state index is 0.641. The molecule has 1 N–H and O–H groups in total. The van der Waals surface area contributed by atoms with Crippen molar-refractivity contribution in [1.29, 1.82) is 0 Å². The Bertz CT molecular complexity index is 358. The highest BCUT2D eigenvalue weighted by atomic mass is 16.5. The quantitative estimate of drug-likeness (QED) is 0.859. The molecule has 92 valence electrons. The molecule has 2 nitrogen and oxygen atoms in total. The van der Waals surface area contributed by atoms with Crippen LogP contribution < -0.4 is 5.32 Å². The fourth-order valence-corrected chi connectivity index (χ4v) is 3.33. The zero-order valence-corrected chi connectivity index (χ0v) is 10.4. The van der Waals surface area contributed by atoms with Gasteiger partial charge in [0.15, 0.2) is 0 Å². The number of ether oxygens (including phenoxy) is 1. The maximum atomic E-state index is 5.52. The first-order valence-corrected chi connectivity index (χ1v) is 6.70. The minimum atomic E-state index is 0.641. The van der Waals surface area contributed by atoms with Gasteiger partial charge in [0.2, 0.25) is 0 Å². The predicted octanol–water partition coefficient (Wildman–Crippen LogP) is 2.41. The number of benzene rings is 1. The van der Waals surface area contributed by atoms with Gasteiger partial charge in [-0.1, -0.05) is 30.3 Å². The molecule has 3 rings (SSSR count). The molecule has 17 heavy (non-hydrogen) atoms. The standard InChI is InChI=1S/C15H21NO/c1-16-15(12-7-8-17-10-12)14-9-13(14)11-5-3-2-4-6-11/h2-6,12-16H,7-10H2,1H3. The Kier molecular flexibility index (Phi) is 3.17. The molecule has 4 unspecified atom stereocenters. The van der Waals surface area contributed by atoms with Gasteiger partial charge in [0.25, 0.3) is 0 Å². The van der Waals surface area contributed by atoms with E-state index in [4.69, 9.17) is 4.74 Å². The van der Waals surface area contributed by atoms with Gasteiger partial charge in [-0.25, -0.2) is 0 Å². The summed E-state index contributed by atoms with van der Waals surface area (Å²) >= 11 is 0. The van der Waals surface area contributed by atoms with Gasteiger partial charge in [-0.3, -0.25) is 0 Å². The van der Waals surface area contributed by atoms with Gasteiger partial charge in [-0.05, 0) is 37.3 Å². The van der Waals surface area contributed by atoms with Crippen LogP contribution in [0.1, 0.15) is 24.3 Å². The van der Waals surface area contributed by atoms with Gasteiger partial charge >= 0.3 is 0 Å². The normalized spacial score (nSPS) is 33.6. The summed E-state index contributed by atoms with van der Waals surface area (Å²) in [7, 11) is 2.10. The molecule has 1 aromatic carbocycles. The van der Waals surface area contributed by atoms with Gasteiger partial charge in [0, 0.05) is 18.6 Å². The zero-order chi connectivity index (χ0) is 11.7. The monoisotopic (exact) mass is 231 g/mol. The Morgan fingerprint density at radius 1 is 1.29 bits per heavy atom. The van der Waals surface area contributed by atoms with Crippen LogP contribution in [-0.2, 0) is 4.74 Å². The summed E-state index contributed by atoms with van der Waals surface area (Å²) in [4.78, 5) is 0. The van der Waals surface area contributed by atoms with Gasteiger partial charge < -0.3 is 10.1 Å². The molecule has 0 bridgehead atoms. The van der Waals surface area contributed by atoms with Crippen LogP contribution in [0.3, 0.4) is 0 Å². The summed E-state index contributed by atoms with van der Waals surface area (Å²) in [5, 5.41) is 3.53. The number of rotatable bonds is 4. The van der Waals surface area contributed by atoms with E-state index >= 15 is 0 Å². The first kappa shape index (κ1) is 11.2. The van der Waals surface area contributed by atoms with Crippen molar-refractivity contribution < 1.29 is 4.74 Å². The second-order valence-corrected chi connectivity index (χ2v) is 5.35. The first-order chi connectivity index (χ1) is 8.40. The molecule has 1 heterocycles. The second-order valence-electron chi connectivity index (χ2n) is 5.35. The topological polar surface area (TPSA) is 21.3 Å². The average molecular weight is 231 g/mol. The van der Waals surface area contributed by atoms with E-state index in [1.54, 1.807) is 0 Å². The van der Waals surface area contributed by atoms with E-state index in [-0.39, 0.29) is 0 Å². The lowest BCUT2D eigenvalue weighted by molar-refractivity contribution is 0.174. The van der Waals surface area contributed by atoms with Gasteiger partial charge in [-0.15, -0.1) is 0 Å². The molecular weight excluding hydrogens is 210 g/mol. The van der Waals surface area contributed by atoms with E-state index in [0.717, 1.165) is 31.0 Å². The Morgan fingerprint density at radius 2 is 2.12 bits per heavy atom. The van der Waals surface area contributed by atoms with E-state index < -0.39 is 0 Å². The summed E-state index contributed by atoms with van der Waals surface area (Å²) in [6.07, 6.45) is 2.57. The van der Waals surface area contributed by atoms with E-state index in [1.807, 2.05) is 0 Å². The third-order valence-electron chi connectivity index (χ3n) is 4.33. The molecule has 0 spiro atoms. The molecule has 0 radical (unpaired) electrons. The predicted molar refractivity (Wildman–Crippen MR) is 69.1 cm³/mol. The van der Waals surface area contributed by atoms with Crippen molar-refractivity contribution in [2.24, 2.45) is 11.8 Å². The second kappa shape index (κ2) is 4.79. The van der Waals surface area contributed by atoms with Crippen LogP contribution in [0, 0.1) is 11.8 Å². The van der Waals surface area contributed by atoms with Crippen LogP contribution in [0.4, 0.5) is 0 Å². The first-order valence-electron chi connectivity index (χ1n) is 6.70. The highest BCUT2D eigenvalue weighted by molar-refractivity contribution is 5.26. The molecule has 1 aromatic rings. The highest BCUT2D eigenvalue weighted by Crippen LogP contribution is 2.51. The lowest BCUT2D eigenvalue weighted by Gasteiger charge is -2.22.